The summed E-state index contributed by atoms with van der Waals surface area (Å²) in [7, 11) is 0. The Hall–Kier alpha value is -2.36. The van der Waals surface area contributed by atoms with E-state index in [0.717, 1.165) is 101 Å². The highest BCUT2D eigenvalue weighted by atomic mass is 16.5. The molecule has 28 heavy (non-hydrogen) atoms. The molecule has 1 aliphatic rings. The summed E-state index contributed by atoms with van der Waals surface area (Å²) in [5, 5.41) is 0. The summed E-state index contributed by atoms with van der Waals surface area (Å²) < 4.78 is 23.8. The second-order valence-electron chi connectivity index (χ2n) is 7.12. The third-order valence-corrected chi connectivity index (χ3v) is 4.81. The van der Waals surface area contributed by atoms with Gasteiger partial charge in [0.1, 0.15) is 0 Å². The molecule has 1 heterocycles. The van der Waals surface area contributed by atoms with Gasteiger partial charge >= 0.3 is 0 Å². The van der Waals surface area contributed by atoms with E-state index in [1.165, 1.54) is 0 Å². The normalized spacial score (nSPS) is 17.4. The Labute approximate surface area is 168 Å². The highest BCUT2D eigenvalue weighted by Crippen LogP contribution is 2.28. The van der Waals surface area contributed by atoms with Crippen LogP contribution in [-0.4, -0.2) is 26.4 Å². The minimum atomic E-state index is 0.720. The van der Waals surface area contributed by atoms with Gasteiger partial charge in [-0.15, -0.1) is 0 Å². The Kier molecular flexibility index (Phi) is 8.86. The van der Waals surface area contributed by atoms with Gasteiger partial charge in [0.2, 0.25) is 0 Å². The molecular weight excluding hydrogens is 352 g/mol. The molecule has 0 bridgehead atoms. The Morgan fingerprint density at radius 3 is 0.857 bits per heavy atom. The van der Waals surface area contributed by atoms with Crippen LogP contribution >= 0.6 is 0 Å². The molecule has 0 fully saturated rings. The molecule has 0 saturated heterocycles. The van der Waals surface area contributed by atoms with Gasteiger partial charge in [-0.1, -0.05) is 24.3 Å². The number of rotatable bonds is 0. The predicted octanol–water partition coefficient (Wildman–Crippen LogP) is 6.04. The van der Waals surface area contributed by atoms with Gasteiger partial charge < -0.3 is 18.9 Å². The predicted molar refractivity (Wildman–Crippen MR) is 112 cm³/mol. The lowest BCUT2D eigenvalue weighted by Crippen LogP contribution is -2.05. The van der Waals surface area contributed by atoms with Crippen LogP contribution < -0.4 is 18.9 Å². The van der Waals surface area contributed by atoms with Crippen molar-refractivity contribution in [2.24, 2.45) is 0 Å². The topological polar surface area (TPSA) is 36.9 Å². The molecule has 0 N–H and O–H groups in total. The summed E-state index contributed by atoms with van der Waals surface area (Å²) >= 11 is 0. The van der Waals surface area contributed by atoms with Crippen molar-refractivity contribution in [3.8, 4) is 23.0 Å². The van der Waals surface area contributed by atoms with Crippen LogP contribution in [0.3, 0.4) is 0 Å². The van der Waals surface area contributed by atoms with E-state index < -0.39 is 0 Å². The van der Waals surface area contributed by atoms with Crippen molar-refractivity contribution in [1.29, 1.82) is 0 Å². The maximum Gasteiger partial charge on any atom is 0.161 e. The van der Waals surface area contributed by atoms with Crippen LogP contribution in [0.4, 0.5) is 0 Å². The highest BCUT2D eigenvalue weighted by molar-refractivity contribution is 5.40. The van der Waals surface area contributed by atoms with E-state index in [0.29, 0.717) is 0 Å². The molecule has 3 rings (SSSR count). The highest BCUT2D eigenvalue weighted by Gasteiger charge is 2.06. The van der Waals surface area contributed by atoms with Crippen LogP contribution in [0.1, 0.15) is 51.4 Å². The van der Waals surface area contributed by atoms with E-state index in [-0.39, 0.29) is 0 Å². The fourth-order valence-electron chi connectivity index (χ4n) is 3.22. The first kappa shape index (κ1) is 20.4. The Morgan fingerprint density at radius 1 is 0.357 bits per heavy atom. The minimum absolute atomic E-state index is 0.720. The van der Waals surface area contributed by atoms with Gasteiger partial charge in [0, 0.05) is 0 Å². The van der Waals surface area contributed by atoms with E-state index in [1.807, 2.05) is 48.5 Å². The summed E-state index contributed by atoms with van der Waals surface area (Å²) in [6.07, 6.45) is 8.66. The van der Waals surface area contributed by atoms with Gasteiger partial charge in [0.05, 0.1) is 26.4 Å². The van der Waals surface area contributed by atoms with Crippen LogP contribution in [0.25, 0.3) is 0 Å². The van der Waals surface area contributed by atoms with Gasteiger partial charge in [-0.2, -0.15) is 0 Å². The van der Waals surface area contributed by atoms with E-state index in [4.69, 9.17) is 18.9 Å². The maximum atomic E-state index is 5.94. The van der Waals surface area contributed by atoms with Crippen molar-refractivity contribution in [2.75, 3.05) is 26.4 Å². The zero-order chi connectivity index (χ0) is 19.3. The monoisotopic (exact) mass is 384 g/mol. The molecule has 0 unspecified atom stereocenters. The van der Waals surface area contributed by atoms with Gasteiger partial charge in [0.25, 0.3) is 0 Å². The quantitative estimate of drug-likeness (QED) is 0.555. The first-order valence-electron chi connectivity index (χ1n) is 10.6. The molecular formula is C24H32O4. The largest absolute Gasteiger partial charge is 0.490 e. The van der Waals surface area contributed by atoms with Crippen molar-refractivity contribution in [2.45, 2.75) is 51.4 Å². The number of hydrogen-bond donors (Lipinski definition) is 0. The van der Waals surface area contributed by atoms with Crippen molar-refractivity contribution >= 4 is 0 Å². The van der Waals surface area contributed by atoms with E-state index >= 15 is 0 Å². The van der Waals surface area contributed by atoms with Gasteiger partial charge in [-0.25, -0.2) is 0 Å². The molecule has 0 radical (unpaired) electrons. The summed E-state index contributed by atoms with van der Waals surface area (Å²) in [4.78, 5) is 0. The molecule has 0 aromatic heterocycles. The van der Waals surface area contributed by atoms with Gasteiger partial charge in [-0.05, 0) is 75.6 Å². The van der Waals surface area contributed by atoms with Crippen LogP contribution in [0.2, 0.25) is 0 Å². The molecule has 4 nitrogen and oxygen atoms in total. The fraction of sp³-hybridized carbons (Fsp3) is 0.500. The van der Waals surface area contributed by atoms with Crippen molar-refractivity contribution in [3.05, 3.63) is 48.5 Å². The smallest absolute Gasteiger partial charge is 0.161 e. The van der Waals surface area contributed by atoms with Crippen molar-refractivity contribution in [3.63, 3.8) is 0 Å². The molecule has 1 aliphatic heterocycles. The number of hydrogen-bond acceptors (Lipinski definition) is 4. The molecule has 2 aromatic carbocycles. The first-order chi connectivity index (χ1) is 13.9. The van der Waals surface area contributed by atoms with Crippen LogP contribution in [0, 0.1) is 0 Å². The first-order valence-corrected chi connectivity index (χ1v) is 10.6. The summed E-state index contributed by atoms with van der Waals surface area (Å²) in [6.45, 7) is 2.88. The third kappa shape index (κ3) is 6.99. The Morgan fingerprint density at radius 2 is 0.607 bits per heavy atom. The Balaban J connectivity index is 1.51. The van der Waals surface area contributed by atoms with E-state index in [1.54, 1.807) is 0 Å². The number of ether oxygens (including phenoxy) is 4. The van der Waals surface area contributed by atoms with Crippen molar-refractivity contribution in [1.82, 2.24) is 0 Å². The second kappa shape index (κ2) is 12.2. The fourth-order valence-corrected chi connectivity index (χ4v) is 3.22. The Bertz CT molecular complexity index is 568. The zero-order valence-electron chi connectivity index (χ0n) is 16.7. The average molecular weight is 385 g/mol. The average Bonchev–Trinajstić information content (AvgIpc) is 2.73. The lowest BCUT2D eigenvalue weighted by Gasteiger charge is -2.14. The molecule has 0 spiro atoms. The van der Waals surface area contributed by atoms with Gasteiger partial charge in [0.15, 0.2) is 23.0 Å². The third-order valence-electron chi connectivity index (χ3n) is 4.81. The standard InChI is InChI=1S/C24H32O4/c1-2-10-18-26-23-15-7-8-16-24(23)28-20-12-4-3-11-19-27-22-14-6-5-13-21(22)25-17-9-1/h5-8,13-16H,1-4,9-12,17-20H2. The summed E-state index contributed by atoms with van der Waals surface area (Å²) in [5.41, 5.74) is 0. The molecule has 152 valence electrons. The zero-order valence-corrected chi connectivity index (χ0v) is 16.7. The molecule has 0 saturated carbocycles. The summed E-state index contributed by atoms with van der Waals surface area (Å²) in [5.74, 6) is 3.41. The van der Waals surface area contributed by atoms with E-state index in [9.17, 15) is 0 Å². The number of fused-ring (bicyclic) bond motifs is 2. The summed E-state index contributed by atoms with van der Waals surface area (Å²) in [6, 6.07) is 15.9. The molecule has 0 atom stereocenters. The molecule has 0 amide bonds. The van der Waals surface area contributed by atoms with Crippen molar-refractivity contribution < 1.29 is 18.9 Å². The molecule has 0 aliphatic carbocycles. The second-order valence-corrected chi connectivity index (χ2v) is 7.12. The lowest BCUT2D eigenvalue weighted by molar-refractivity contribution is 0.244. The van der Waals surface area contributed by atoms with E-state index in [2.05, 4.69) is 0 Å². The number of benzene rings is 2. The molecule has 4 heteroatoms. The number of para-hydroxylation sites is 4. The van der Waals surface area contributed by atoms with Crippen LogP contribution in [-0.2, 0) is 0 Å². The van der Waals surface area contributed by atoms with Gasteiger partial charge in [-0.3, -0.25) is 0 Å². The maximum absolute atomic E-state index is 5.94. The minimum Gasteiger partial charge on any atom is -0.490 e. The van der Waals surface area contributed by atoms with Crippen LogP contribution in [0.5, 0.6) is 23.0 Å². The lowest BCUT2D eigenvalue weighted by atomic mass is 10.2. The van der Waals surface area contributed by atoms with Crippen LogP contribution in [0.15, 0.2) is 48.5 Å². The molecule has 2 aromatic rings. The SMILES string of the molecule is c1ccc2c(c1)OCCCCCCOc1ccccc1OCCCCCCO2.